The van der Waals surface area contributed by atoms with E-state index in [0.29, 0.717) is 11.1 Å². The largest absolute Gasteiger partial charge is 0.291 e. The topological polar surface area (TPSA) is 46.5 Å². The third-order valence-electron chi connectivity index (χ3n) is 1.92. The van der Waals surface area contributed by atoms with Crippen LogP contribution in [-0.2, 0) is 9.59 Å². The summed E-state index contributed by atoms with van der Waals surface area (Å²) in [5.41, 5.74) is 0.267. The third-order valence-corrected chi connectivity index (χ3v) is 5.07. The van der Waals surface area contributed by atoms with Crippen molar-refractivity contribution in [1.29, 1.82) is 0 Å². The van der Waals surface area contributed by atoms with Gasteiger partial charge in [-0.25, -0.2) is 0 Å². The molecule has 0 aromatic carbocycles. The lowest BCUT2D eigenvalue weighted by Crippen LogP contribution is -2.10. The average Bonchev–Trinajstić information content (AvgIpc) is 2.13. The molecular formula is C10H16NO2P. The van der Waals surface area contributed by atoms with Crippen LogP contribution in [0, 0.1) is 0 Å². The lowest BCUT2D eigenvalue weighted by atomic mass is 10.4. The van der Waals surface area contributed by atoms with E-state index >= 15 is 0 Å². The summed E-state index contributed by atoms with van der Waals surface area (Å²) in [6.07, 6.45) is 0. The lowest BCUT2D eigenvalue weighted by Gasteiger charge is -2.15. The molecule has 0 N–H and O–H groups in total. The molecule has 0 saturated heterocycles. The van der Waals surface area contributed by atoms with Gasteiger partial charge in [0, 0.05) is 7.05 Å². The van der Waals surface area contributed by atoms with Gasteiger partial charge in [0.25, 0.3) is 0 Å². The Labute approximate surface area is 85.0 Å². The molecule has 0 aliphatic rings. The van der Waals surface area contributed by atoms with Crippen LogP contribution in [0.2, 0.25) is 0 Å². The molecule has 0 rings (SSSR count). The summed E-state index contributed by atoms with van der Waals surface area (Å²) in [6.45, 7) is 11.9. The lowest BCUT2D eigenvalue weighted by molar-refractivity contribution is -0.111. The van der Waals surface area contributed by atoms with Crippen LogP contribution < -0.4 is 0 Å². The van der Waals surface area contributed by atoms with Crippen molar-refractivity contribution in [2.45, 2.75) is 13.8 Å². The third kappa shape index (κ3) is 2.30. The number of carbonyl (C=O) groups excluding carboxylic acids is 2. The van der Waals surface area contributed by atoms with Gasteiger partial charge in [0.05, 0.1) is 0 Å². The van der Waals surface area contributed by atoms with E-state index in [2.05, 4.69) is 17.9 Å². The highest BCUT2D eigenvalue weighted by Crippen LogP contribution is 2.50. The van der Waals surface area contributed by atoms with Crippen LogP contribution in [0.3, 0.4) is 0 Å². The van der Waals surface area contributed by atoms with Gasteiger partial charge >= 0.3 is 0 Å². The molecule has 0 amide bonds. The van der Waals surface area contributed by atoms with Crippen LogP contribution >= 0.6 is 7.05 Å². The Kier molecular flexibility index (Phi) is 4.21. The Bertz CT molecular complexity index is 336. The Hall–Kier alpha value is -0.950. The monoisotopic (exact) mass is 213 g/mol. The highest BCUT2D eigenvalue weighted by molar-refractivity contribution is 7.96. The normalized spacial score (nSPS) is 10.6. The molecule has 0 aliphatic carbocycles. The SMILES string of the molecule is C=C(C)C(=O)P(C)(=NC)C(=O)C(=C)C. The molecule has 3 nitrogen and oxygen atoms in total. The first-order chi connectivity index (χ1) is 6.27. The first kappa shape index (κ1) is 13.1. The van der Waals surface area contributed by atoms with E-state index in [0.717, 1.165) is 0 Å². The summed E-state index contributed by atoms with van der Waals surface area (Å²) in [6, 6.07) is 0. The van der Waals surface area contributed by atoms with E-state index in [1.54, 1.807) is 20.5 Å². The molecule has 0 radical (unpaired) electrons. The van der Waals surface area contributed by atoms with Crippen molar-refractivity contribution in [2.75, 3.05) is 13.7 Å². The van der Waals surface area contributed by atoms with Crippen molar-refractivity contribution in [1.82, 2.24) is 0 Å². The summed E-state index contributed by atoms with van der Waals surface area (Å²) >= 11 is 0. The van der Waals surface area contributed by atoms with E-state index < -0.39 is 7.05 Å². The van der Waals surface area contributed by atoms with Crippen LogP contribution in [0.15, 0.2) is 29.0 Å². The molecule has 0 bridgehead atoms. The molecule has 78 valence electrons. The average molecular weight is 213 g/mol. The molecule has 0 aliphatic heterocycles. The predicted octanol–water partition coefficient (Wildman–Crippen LogP) is 2.65. The molecule has 0 fully saturated rings. The Morgan fingerprint density at radius 3 is 1.50 bits per heavy atom. The van der Waals surface area contributed by atoms with Crippen molar-refractivity contribution < 1.29 is 9.59 Å². The maximum Gasteiger partial charge on any atom is 0.202 e. The molecule has 14 heavy (non-hydrogen) atoms. The number of carbonyl (C=O) groups is 2. The minimum absolute atomic E-state index is 0.243. The van der Waals surface area contributed by atoms with Gasteiger partial charge in [-0.2, -0.15) is 0 Å². The van der Waals surface area contributed by atoms with Crippen LogP contribution in [0.4, 0.5) is 0 Å². The fourth-order valence-corrected chi connectivity index (χ4v) is 3.05. The highest BCUT2D eigenvalue weighted by Gasteiger charge is 2.31. The van der Waals surface area contributed by atoms with E-state index in [-0.39, 0.29) is 11.0 Å². The van der Waals surface area contributed by atoms with Crippen molar-refractivity contribution >= 4 is 18.1 Å². The molecule has 0 spiro atoms. The van der Waals surface area contributed by atoms with Gasteiger partial charge in [0.1, 0.15) is 7.05 Å². The first-order valence-electron chi connectivity index (χ1n) is 4.16. The minimum atomic E-state index is -2.60. The highest BCUT2D eigenvalue weighted by atomic mass is 31.2. The molecule has 4 heteroatoms. The number of rotatable bonds is 4. The summed E-state index contributed by atoms with van der Waals surface area (Å²) in [4.78, 5) is 23.5. The predicted molar refractivity (Wildman–Crippen MR) is 60.8 cm³/mol. The zero-order chi connectivity index (χ0) is 11.5. The van der Waals surface area contributed by atoms with E-state index in [9.17, 15) is 9.59 Å². The van der Waals surface area contributed by atoms with Gasteiger partial charge in [0.2, 0.25) is 11.0 Å². The zero-order valence-corrected chi connectivity index (χ0v) is 10.0. The summed E-state index contributed by atoms with van der Waals surface area (Å²) in [7, 11) is -1.10. The minimum Gasteiger partial charge on any atom is -0.291 e. The van der Waals surface area contributed by atoms with Crippen molar-refractivity contribution in [3.05, 3.63) is 24.3 Å². The van der Waals surface area contributed by atoms with Gasteiger partial charge < -0.3 is 0 Å². The maximum absolute atomic E-state index is 11.7. The van der Waals surface area contributed by atoms with Crippen molar-refractivity contribution in [3.8, 4) is 0 Å². The van der Waals surface area contributed by atoms with Crippen LogP contribution in [-0.4, -0.2) is 24.8 Å². The van der Waals surface area contributed by atoms with Crippen LogP contribution in [0.25, 0.3) is 0 Å². The van der Waals surface area contributed by atoms with E-state index in [1.165, 1.54) is 7.05 Å². The fraction of sp³-hybridized carbons (Fsp3) is 0.400. The van der Waals surface area contributed by atoms with Crippen molar-refractivity contribution in [3.63, 3.8) is 0 Å². The second-order valence-electron chi connectivity index (χ2n) is 3.33. The molecule has 0 atom stereocenters. The zero-order valence-electron chi connectivity index (χ0n) is 9.13. The second kappa shape index (κ2) is 4.52. The Morgan fingerprint density at radius 2 is 1.36 bits per heavy atom. The summed E-state index contributed by atoms with van der Waals surface area (Å²) in [5.74, 6) is 0. The Balaban J connectivity index is 5.45. The molecule has 0 aromatic heterocycles. The number of allylic oxidation sites excluding steroid dienone is 2. The fourth-order valence-electron chi connectivity index (χ4n) is 1.02. The standard InChI is InChI=1S/C10H16NO2P/c1-7(2)9(12)14(6,11-5)10(13)8(3)4/h1,3H2,2,4-6H3. The molecular weight excluding hydrogens is 197 g/mol. The molecule has 0 saturated carbocycles. The van der Waals surface area contributed by atoms with Crippen LogP contribution in [0.1, 0.15) is 13.8 Å². The smallest absolute Gasteiger partial charge is 0.202 e. The Morgan fingerprint density at radius 1 is 1.07 bits per heavy atom. The number of hydrogen-bond donors (Lipinski definition) is 0. The van der Waals surface area contributed by atoms with Gasteiger partial charge in [-0.3, -0.25) is 14.3 Å². The van der Waals surface area contributed by atoms with Gasteiger partial charge in [-0.15, -0.1) is 0 Å². The van der Waals surface area contributed by atoms with E-state index in [1.807, 2.05) is 0 Å². The maximum atomic E-state index is 11.7. The molecule has 0 aromatic rings. The quantitative estimate of drug-likeness (QED) is 0.532. The van der Waals surface area contributed by atoms with Crippen LogP contribution in [0.5, 0.6) is 0 Å². The first-order valence-corrected chi connectivity index (χ1v) is 6.35. The van der Waals surface area contributed by atoms with E-state index in [4.69, 9.17) is 0 Å². The van der Waals surface area contributed by atoms with Crippen molar-refractivity contribution in [2.24, 2.45) is 4.74 Å². The van der Waals surface area contributed by atoms with Gasteiger partial charge in [-0.05, 0) is 31.7 Å². The second-order valence-corrected chi connectivity index (χ2v) is 6.46. The molecule has 0 heterocycles. The number of nitrogens with zero attached hydrogens (tertiary/aromatic N) is 1. The summed E-state index contributed by atoms with van der Waals surface area (Å²) in [5, 5.41) is 0. The summed E-state index contributed by atoms with van der Waals surface area (Å²) < 4.78 is 3.95. The van der Waals surface area contributed by atoms with Gasteiger partial charge in [0.15, 0.2) is 0 Å². The van der Waals surface area contributed by atoms with Gasteiger partial charge in [-0.1, -0.05) is 13.2 Å². The molecule has 0 unspecified atom stereocenters. The number of hydrogen-bond acceptors (Lipinski definition) is 3.